The van der Waals surface area contributed by atoms with Crippen LogP contribution in [-0.2, 0) is 0 Å². The van der Waals surface area contributed by atoms with Gasteiger partial charge < -0.3 is 0 Å². The molecule has 0 heteroatoms. The summed E-state index contributed by atoms with van der Waals surface area (Å²) in [6.45, 7) is 0. The van der Waals surface area contributed by atoms with Crippen LogP contribution in [0.4, 0.5) is 0 Å². The van der Waals surface area contributed by atoms with Gasteiger partial charge in [0.2, 0.25) is 0 Å². The maximum Gasteiger partial charge on any atom is -0.000742 e. The summed E-state index contributed by atoms with van der Waals surface area (Å²) in [7, 11) is 0. The summed E-state index contributed by atoms with van der Waals surface area (Å²) in [5, 5.41) is 15.3. The van der Waals surface area contributed by atoms with Crippen molar-refractivity contribution in [1.29, 1.82) is 0 Å². The Labute approximate surface area is 244 Å². The summed E-state index contributed by atoms with van der Waals surface area (Å²) < 4.78 is 0. The van der Waals surface area contributed by atoms with Crippen LogP contribution in [0.25, 0.3) is 86.9 Å². The van der Waals surface area contributed by atoms with Gasteiger partial charge in [-0.25, -0.2) is 0 Å². The SMILES string of the molecule is c1ccc2c(-c3c(-c4c5ccccc5cc5ccccc45)c4ccccc4c4ccccc34)c3ccccc3cc2c1. The van der Waals surface area contributed by atoms with E-state index in [1.165, 1.54) is 86.9 Å². The first-order chi connectivity index (χ1) is 20.9. The van der Waals surface area contributed by atoms with Crippen molar-refractivity contribution in [3.05, 3.63) is 158 Å². The third-order valence-electron chi connectivity index (χ3n) is 8.98. The van der Waals surface area contributed by atoms with E-state index >= 15 is 0 Å². The Bertz CT molecular complexity index is 2230. The Morgan fingerprint density at radius 1 is 0.190 bits per heavy atom. The molecule has 0 aromatic heterocycles. The third kappa shape index (κ3) is 3.30. The number of rotatable bonds is 2. The standard InChI is InChI=1S/C42H26/c1-5-17-31-27(13-1)25-28-14-2-6-18-32(28)39(31)41-37-23-11-9-21-35(37)36-22-10-12-24-38(36)42(41)40-33-19-7-3-15-29(33)26-30-16-4-8-20-34(30)40/h1-26H. The van der Waals surface area contributed by atoms with Gasteiger partial charge in [-0.05, 0) is 99.0 Å². The predicted octanol–water partition coefficient (Wildman–Crippen LogP) is 11.9. The normalized spacial score (nSPS) is 11.8. The van der Waals surface area contributed by atoms with Crippen LogP contribution in [0.5, 0.6) is 0 Å². The zero-order valence-electron chi connectivity index (χ0n) is 23.0. The van der Waals surface area contributed by atoms with E-state index in [0.717, 1.165) is 0 Å². The van der Waals surface area contributed by atoms with E-state index in [1.54, 1.807) is 0 Å². The fourth-order valence-electron chi connectivity index (χ4n) is 7.23. The van der Waals surface area contributed by atoms with Gasteiger partial charge in [0, 0.05) is 0 Å². The maximum absolute atomic E-state index is 2.34. The highest BCUT2D eigenvalue weighted by Gasteiger charge is 2.23. The van der Waals surface area contributed by atoms with Crippen LogP contribution in [-0.4, -0.2) is 0 Å². The summed E-state index contributed by atoms with van der Waals surface area (Å²) in [5.74, 6) is 0. The number of hydrogen-bond acceptors (Lipinski definition) is 0. The van der Waals surface area contributed by atoms with Gasteiger partial charge in [-0.3, -0.25) is 0 Å². The summed E-state index contributed by atoms with van der Waals surface area (Å²) in [6, 6.07) is 58.2. The van der Waals surface area contributed by atoms with E-state index in [4.69, 9.17) is 0 Å². The molecule has 9 aromatic carbocycles. The predicted molar refractivity (Wildman–Crippen MR) is 182 cm³/mol. The lowest BCUT2D eigenvalue weighted by molar-refractivity contribution is 1.70. The summed E-state index contributed by atoms with van der Waals surface area (Å²) in [6.07, 6.45) is 0. The Kier molecular flexibility index (Phi) is 5.00. The van der Waals surface area contributed by atoms with Gasteiger partial charge >= 0.3 is 0 Å². The van der Waals surface area contributed by atoms with Crippen LogP contribution in [0.3, 0.4) is 0 Å². The van der Waals surface area contributed by atoms with E-state index in [-0.39, 0.29) is 0 Å². The van der Waals surface area contributed by atoms with Crippen molar-refractivity contribution in [2.75, 3.05) is 0 Å². The first-order valence-electron chi connectivity index (χ1n) is 14.6. The average molecular weight is 531 g/mol. The fraction of sp³-hybridized carbons (Fsp3) is 0. The molecule has 0 N–H and O–H groups in total. The topological polar surface area (TPSA) is 0 Å². The number of hydrogen-bond donors (Lipinski definition) is 0. The Balaban J connectivity index is 1.64. The quantitative estimate of drug-likeness (QED) is 0.154. The van der Waals surface area contributed by atoms with E-state index in [0.29, 0.717) is 0 Å². The second-order valence-electron chi connectivity index (χ2n) is 11.2. The van der Waals surface area contributed by atoms with Crippen molar-refractivity contribution >= 4 is 64.6 Å². The summed E-state index contributed by atoms with van der Waals surface area (Å²) in [4.78, 5) is 0. The van der Waals surface area contributed by atoms with Crippen molar-refractivity contribution in [1.82, 2.24) is 0 Å². The summed E-state index contributed by atoms with van der Waals surface area (Å²) in [5.41, 5.74) is 5.22. The van der Waals surface area contributed by atoms with Crippen molar-refractivity contribution in [3.8, 4) is 22.3 Å². The Morgan fingerprint density at radius 2 is 0.429 bits per heavy atom. The van der Waals surface area contributed by atoms with Gasteiger partial charge in [-0.15, -0.1) is 0 Å². The molecule has 0 radical (unpaired) electrons. The van der Waals surface area contributed by atoms with Gasteiger partial charge in [-0.1, -0.05) is 146 Å². The lowest BCUT2D eigenvalue weighted by Crippen LogP contribution is -1.95. The van der Waals surface area contributed by atoms with E-state index in [1.807, 2.05) is 0 Å². The van der Waals surface area contributed by atoms with Crippen LogP contribution in [0.1, 0.15) is 0 Å². The highest BCUT2D eigenvalue weighted by molar-refractivity contribution is 6.30. The van der Waals surface area contributed by atoms with Crippen molar-refractivity contribution in [2.45, 2.75) is 0 Å². The summed E-state index contributed by atoms with van der Waals surface area (Å²) >= 11 is 0. The molecule has 0 nitrogen and oxygen atoms in total. The molecule has 0 heterocycles. The lowest BCUT2D eigenvalue weighted by Gasteiger charge is -2.23. The van der Waals surface area contributed by atoms with Gasteiger partial charge in [0.05, 0.1) is 0 Å². The lowest BCUT2D eigenvalue weighted by atomic mass is 9.79. The molecule has 194 valence electrons. The van der Waals surface area contributed by atoms with E-state index in [2.05, 4.69) is 158 Å². The third-order valence-corrected chi connectivity index (χ3v) is 8.98. The molecular weight excluding hydrogens is 504 g/mol. The average Bonchev–Trinajstić information content (AvgIpc) is 3.06. The molecule has 0 saturated heterocycles. The van der Waals surface area contributed by atoms with Crippen LogP contribution < -0.4 is 0 Å². The van der Waals surface area contributed by atoms with Crippen LogP contribution in [0, 0.1) is 0 Å². The zero-order chi connectivity index (χ0) is 27.6. The molecule has 0 aliphatic carbocycles. The first-order valence-corrected chi connectivity index (χ1v) is 14.6. The highest BCUT2D eigenvalue weighted by atomic mass is 14.3. The Hall–Kier alpha value is -5.46. The molecule has 0 fully saturated rings. The maximum atomic E-state index is 2.34. The molecule has 0 unspecified atom stereocenters. The minimum Gasteiger partial charge on any atom is -0.0616 e. The molecule has 9 rings (SSSR count). The first kappa shape index (κ1) is 23.3. The molecule has 0 amide bonds. The van der Waals surface area contributed by atoms with Gasteiger partial charge in [0.1, 0.15) is 0 Å². The zero-order valence-corrected chi connectivity index (χ0v) is 23.0. The molecule has 0 aliphatic heterocycles. The fourth-order valence-corrected chi connectivity index (χ4v) is 7.23. The minimum atomic E-state index is 1.26. The molecular formula is C42H26. The molecule has 9 aromatic rings. The second kappa shape index (κ2) is 9.03. The molecule has 0 aliphatic rings. The van der Waals surface area contributed by atoms with Crippen LogP contribution >= 0.6 is 0 Å². The molecule has 0 atom stereocenters. The van der Waals surface area contributed by atoms with Crippen molar-refractivity contribution in [2.24, 2.45) is 0 Å². The van der Waals surface area contributed by atoms with E-state index < -0.39 is 0 Å². The second-order valence-corrected chi connectivity index (χ2v) is 11.2. The van der Waals surface area contributed by atoms with Gasteiger partial charge in [0.25, 0.3) is 0 Å². The molecule has 0 spiro atoms. The molecule has 42 heavy (non-hydrogen) atoms. The Morgan fingerprint density at radius 3 is 0.738 bits per heavy atom. The minimum absolute atomic E-state index is 1.26. The number of fused-ring (bicyclic) bond motifs is 7. The van der Waals surface area contributed by atoms with E-state index in [9.17, 15) is 0 Å². The smallest absolute Gasteiger partial charge is 0.000742 e. The largest absolute Gasteiger partial charge is 0.0616 e. The monoisotopic (exact) mass is 530 g/mol. The van der Waals surface area contributed by atoms with Gasteiger partial charge in [-0.2, -0.15) is 0 Å². The van der Waals surface area contributed by atoms with Crippen molar-refractivity contribution < 1.29 is 0 Å². The molecule has 0 saturated carbocycles. The number of benzene rings is 9. The van der Waals surface area contributed by atoms with Crippen molar-refractivity contribution in [3.63, 3.8) is 0 Å². The van der Waals surface area contributed by atoms with Gasteiger partial charge in [0.15, 0.2) is 0 Å². The van der Waals surface area contributed by atoms with Crippen LogP contribution in [0.15, 0.2) is 158 Å². The highest BCUT2D eigenvalue weighted by Crippen LogP contribution is 2.51. The van der Waals surface area contributed by atoms with Crippen LogP contribution in [0.2, 0.25) is 0 Å². The molecule has 0 bridgehead atoms.